The lowest BCUT2D eigenvalue weighted by molar-refractivity contribution is -0.145. The van der Waals surface area contributed by atoms with Gasteiger partial charge in [0.1, 0.15) is 18.1 Å². The monoisotopic (exact) mass is 736 g/mol. The molecule has 0 amide bonds. The van der Waals surface area contributed by atoms with E-state index in [1.54, 1.807) is 0 Å². The van der Waals surface area contributed by atoms with E-state index in [9.17, 15) is 4.79 Å². The molecule has 53 heavy (non-hydrogen) atoms. The third kappa shape index (κ3) is 32.4. The molecule has 1 aromatic carbocycles. The van der Waals surface area contributed by atoms with Crippen LogP contribution in [-0.2, 0) is 16.1 Å². The van der Waals surface area contributed by atoms with Crippen molar-refractivity contribution in [2.75, 3.05) is 33.9 Å². The Hall–Kier alpha value is -2.79. The molecule has 0 aliphatic heterocycles. The van der Waals surface area contributed by atoms with Crippen LogP contribution in [0.3, 0.4) is 0 Å². The molecule has 0 saturated carbocycles. The van der Waals surface area contributed by atoms with Gasteiger partial charge in [-0.1, -0.05) is 140 Å². The number of hydrogen-bond donors (Lipinski definition) is 0. The molecule has 0 aliphatic rings. The fourth-order valence-electron chi connectivity index (χ4n) is 6.00. The lowest BCUT2D eigenvalue weighted by Crippen LogP contribution is -2.18. The summed E-state index contributed by atoms with van der Waals surface area (Å²) in [5.74, 6) is 1.41. The average molecular weight is 736 g/mol. The highest BCUT2D eigenvalue weighted by Crippen LogP contribution is 2.26. The van der Waals surface area contributed by atoms with Crippen molar-refractivity contribution in [2.24, 2.45) is 0 Å². The normalized spacial score (nSPS) is 12.0. The minimum atomic E-state index is -0.192. The number of nitrogens with zero attached hydrogens (tertiary/aromatic N) is 1. The van der Waals surface area contributed by atoms with Crippen molar-refractivity contribution in [3.63, 3.8) is 0 Å². The van der Waals surface area contributed by atoms with Crippen LogP contribution in [0.4, 0.5) is 0 Å². The van der Waals surface area contributed by atoms with Crippen molar-refractivity contribution in [3.8, 4) is 11.5 Å². The highest BCUT2D eigenvalue weighted by Gasteiger charge is 2.11. The van der Waals surface area contributed by atoms with Gasteiger partial charge in [0.05, 0.1) is 19.6 Å². The first-order valence-electron chi connectivity index (χ1n) is 21.9. The molecule has 0 spiro atoms. The molecule has 0 heterocycles. The lowest BCUT2D eigenvalue weighted by Gasteiger charge is -2.15. The van der Waals surface area contributed by atoms with E-state index < -0.39 is 0 Å². The summed E-state index contributed by atoms with van der Waals surface area (Å²) in [6, 6.07) is 5.95. The van der Waals surface area contributed by atoms with E-state index in [-0.39, 0.29) is 12.6 Å². The van der Waals surface area contributed by atoms with E-state index in [1.807, 2.05) is 37.2 Å². The van der Waals surface area contributed by atoms with Crippen LogP contribution in [0, 0.1) is 0 Å². The van der Waals surface area contributed by atoms with Crippen LogP contribution in [0.15, 0.2) is 66.8 Å². The first kappa shape index (κ1) is 48.2. The van der Waals surface area contributed by atoms with Crippen molar-refractivity contribution < 1.29 is 19.0 Å². The maximum absolute atomic E-state index is 12.4. The molecule has 0 bridgehead atoms. The molecule has 1 aromatic rings. The van der Waals surface area contributed by atoms with Crippen molar-refractivity contribution in [1.82, 2.24) is 4.90 Å². The molecule has 0 fully saturated rings. The Morgan fingerprint density at radius 1 is 0.566 bits per heavy atom. The zero-order valence-electron chi connectivity index (χ0n) is 34.9. The molecule has 1 rings (SSSR count). The molecule has 5 heteroatoms. The Morgan fingerprint density at radius 2 is 1.02 bits per heavy atom. The lowest BCUT2D eigenvalue weighted by atomic mass is 10.1. The fraction of sp³-hybridized carbons (Fsp3) is 0.688. The summed E-state index contributed by atoms with van der Waals surface area (Å²) in [6.07, 6.45) is 48.5. The smallest absolute Gasteiger partial charge is 0.307 e. The second-order valence-electron chi connectivity index (χ2n) is 14.8. The standard InChI is InChI=1S/C48H81NO4/c1-5-7-9-11-13-15-17-19-21-23-25-27-29-31-33-35-41-51-46-37-38-47(45(43-46)44-53-48(50)39-40-49(3)4)52-42-36-34-32-30-28-26-24-22-20-18-16-14-12-10-8-6-2/h13-16,19-22,37-38,43H,5-12,17-18,23-36,39-42,44H2,1-4H3/b15-13-,16-14-,21-19-,22-20-. The molecule has 0 aliphatic carbocycles. The van der Waals surface area contributed by atoms with Gasteiger partial charge in [0.15, 0.2) is 0 Å². The van der Waals surface area contributed by atoms with Crippen LogP contribution in [-0.4, -0.2) is 44.7 Å². The van der Waals surface area contributed by atoms with Gasteiger partial charge in [-0.25, -0.2) is 0 Å². The zero-order chi connectivity index (χ0) is 38.3. The topological polar surface area (TPSA) is 48.0 Å². The van der Waals surface area contributed by atoms with Crippen LogP contribution in [0.2, 0.25) is 0 Å². The Balaban J connectivity index is 2.29. The van der Waals surface area contributed by atoms with Gasteiger partial charge in [-0.15, -0.1) is 0 Å². The number of carbonyl (C=O) groups is 1. The Morgan fingerprint density at radius 3 is 1.51 bits per heavy atom. The van der Waals surface area contributed by atoms with Crippen molar-refractivity contribution in [3.05, 3.63) is 72.4 Å². The van der Waals surface area contributed by atoms with E-state index in [2.05, 4.69) is 62.5 Å². The van der Waals surface area contributed by atoms with Gasteiger partial charge in [-0.2, -0.15) is 0 Å². The number of allylic oxidation sites excluding steroid dienone is 8. The predicted molar refractivity (Wildman–Crippen MR) is 229 cm³/mol. The Labute approximate surface area is 327 Å². The van der Waals surface area contributed by atoms with Gasteiger partial charge in [0, 0.05) is 12.1 Å². The summed E-state index contributed by atoms with van der Waals surface area (Å²) in [5, 5.41) is 0. The summed E-state index contributed by atoms with van der Waals surface area (Å²) in [5.41, 5.74) is 0.873. The van der Waals surface area contributed by atoms with E-state index in [4.69, 9.17) is 14.2 Å². The van der Waals surface area contributed by atoms with Gasteiger partial charge in [0.2, 0.25) is 0 Å². The molecule has 0 atom stereocenters. The van der Waals surface area contributed by atoms with Crippen LogP contribution >= 0.6 is 0 Å². The minimum Gasteiger partial charge on any atom is -0.494 e. The SMILES string of the molecule is CCCCC/C=C\C/C=C\CCCCCCCCOc1ccc(OCCCCCCCC/C=C\C/C=C\CCCCC)c(COC(=O)CCN(C)C)c1. The molecule has 0 N–H and O–H groups in total. The quantitative estimate of drug-likeness (QED) is 0.0387. The summed E-state index contributed by atoms with van der Waals surface area (Å²) in [6.45, 7) is 6.75. The van der Waals surface area contributed by atoms with Crippen LogP contribution in [0.1, 0.15) is 180 Å². The Kier molecular flexibility index (Phi) is 34.1. The van der Waals surface area contributed by atoms with Gasteiger partial charge in [0.25, 0.3) is 0 Å². The van der Waals surface area contributed by atoms with E-state index in [0.717, 1.165) is 42.7 Å². The summed E-state index contributed by atoms with van der Waals surface area (Å²) in [4.78, 5) is 14.3. The molecule has 5 nitrogen and oxygen atoms in total. The molecule has 0 radical (unpaired) electrons. The molecular formula is C48H81NO4. The number of rotatable bonds is 37. The summed E-state index contributed by atoms with van der Waals surface area (Å²) < 4.78 is 18.0. The second kappa shape index (κ2) is 37.5. The fourth-order valence-corrected chi connectivity index (χ4v) is 6.00. The average Bonchev–Trinajstić information content (AvgIpc) is 3.16. The minimum absolute atomic E-state index is 0.192. The van der Waals surface area contributed by atoms with Gasteiger partial charge in [-0.05, 0) is 109 Å². The molecule has 302 valence electrons. The third-order valence-corrected chi connectivity index (χ3v) is 9.40. The van der Waals surface area contributed by atoms with Gasteiger partial charge >= 0.3 is 5.97 Å². The Bertz CT molecular complexity index is 1090. The first-order chi connectivity index (χ1) is 26.1. The molecule has 0 aromatic heterocycles. The van der Waals surface area contributed by atoms with E-state index in [1.165, 1.54) is 128 Å². The van der Waals surface area contributed by atoms with Crippen LogP contribution < -0.4 is 9.47 Å². The largest absolute Gasteiger partial charge is 0.494 e. The van der Waals surface area contributed by atoms with Crippen molar-refractivity contribution in [2.45, 2.75) is 181 Å². The number of benzene rings is 1. The van der Waals surface area contributed by atoms with Crippen LogP contribution in [0.5, 0.6) is 11.5 Å². The van der Waals surface area contributed by atoms with E-state index in [0.29, 0.717) is 26.2 Å². The molecule has 0 saturated heterocycles. The van der Waals surface area contributed by atoms with Crippen molar-refractivity contribution in [1.29, 1.82) is 0 Å². The second-order valence-corrected chi connectivity index (χ2v) is 14.8. The maximum Gasteiger partial charge on any atom is 0.307 e. The van der Waals surface area contributed by atoms with Gasteiger partial charge in [-0.3, -0.25) is 4.79 Å². The number of esters is 1. The number of carbonyl (C=O) groups excluding carboxylic acids is 1. The highest BCUT2D eigenvalue weighted by atomic mass is 16.5. The molecular weight excluding hydrogens is 655 g/mol. The third-order valence-electron chi connectivity index (χ3n) is 9.40. The van der Waals surface area contributed by atoms with E-state index >= 15 is 0 Å². The summed E-state index contributed by atoms with van der Waals surface area (Å²) in [7, 11) is 3.92. The number of ether oxygens (including phenoxy) is 3. The number of hydrogen-bond acceptors (Lipinski definition) is 5. The first-order valence-corrected chi connectivity index (χ1v) is 21.9. The van der Waals surface area contributed by atoms with Gasteiger partial charge < -0.3 is 19.1 Å². The zero-order valence-corrected chi connectivity index (χ0v) is 34.9. The molecule has 0 unspecified atom stereocenters. The maximum atomic E-state index is 12.4. The van der Waals surface area contributed by atoms with Crippen molar-refractivity contribution >= 4 is 5.97 Å². The highest BCUT2D eigenvalue weighted by molar-refractivity contribution is 5.69. The number of unbranched alkanes of at least 4 members (excludes halogenated alkanes) is 18. The predicted octanol–water partition coefficient (Wildman–Crippen LogP) is 14.1. The van der Waals surface area contributed by atoms with Crippen LogP contribution in [0.25, 0.3) is 0 Å². The summed E-state index contributed by atoms with van der Waals surface area (Å²) >= 11 is 0.